The zero-order valence-corrected chi connectivity index (χ0v) is 14.6. The number of likely N-dealkylation sites (N-methyl/N-ethyl adjacent to an activating group) is 1. The molecule has 0 bridgehead atoms. The highest BCUT2D eigenvalue weighted by atomic mass is 79.9. The Morgan fingerprint density at radius 3 is 2.52 bits per heavy atom. The lowest BCUT2D eigenvalue weighted by Gasteiger charge is -2.21. The van der Waals surface area contributed by atoms with Gasteiger partial charge < -0.3 is 5.32 Å². The van der Waals surface area contributed by atoms with Crippen molar-refractivity contribution in [1.29, 1.82) is 0 Å². The van der Waals surface area contributed by atoms with E-state index in [0.717, 1.165) is 4.47 Å². The number of hydrogen-bond acceptors (Lipinski definition) is 1. The smallest absolute Gasteiger partial charge is 0.129 e. The number of benzene rings is 2. The third-order valence-electron chi connectivity index (χ3n) is 3.23. The highest BCUT2D eigenvalue weighted by Crippen LogP contribution is 2.30. The molecular weight excluding hydrogens is 404 g/mol. The zero-order chi connectivity index (χ0) is 15.4. The van der Waals surface area contributed by atoms with Gasteiger partial charge in [0.15, 0.2) is 0 Å². The van der Waals surface area contributed by atoms with E-state index in [2.05, 4.69) is 37.2 Å². The molecule has 2 rings (SSSR count). The second kappa shape index (κ2) is 7.47. The van der Waals surface area contributed by atoms with Crippen LogP contribution >= 0.6 is 31.9 Å². The van der Waals surface area contributed by atoms with E-state index in [-0.39, 0.29) is 17.7 Å². The maximum Gasteiger partial charge on any atom is 0.129 e. The van der Waals surface area contributed by atoms with Crippen molar-refractivity contribution in [3.63, 3.8) is 0 Å². The van der Waals surface area contributed by atoms with Crippen molar-refractivity contribution in [1.82, 2.24) is 5.32 Å². The van der Waals surface area contributed by atoms with Crippen LogP contribution in [0.1, 0.15) is 24.1 Å². The van der Waals surface area contributed by atoms with Crippen LogP contribution in [-0.4, -0.2) is 6.54 Å². The number of halogens is 4. The van der Waals surface area contributed by atoms with Gasteiger partial charge in [0.2, 0.25) is 0 Å². The fraction of sp³-hybridized carbons (Fsp3) is 0.250. The van der Waals surface area contributed by atoms with Crippen LogP contribution in [0.4, 0.5) is 8.78 Å². The van der Waals surface area contributed by atoms with Gasteiger partial charge in [-0.05, 0) is 48.9 Å². The molecule has 0 amide bonds. The first-order valence-corrected chi connectivity index (χ1v) is 8.22. The van der Waals surface area contributed by atoms with E-state index in [4.69, 9.17) is 0 Å². The minimum Gasteiger partial charge on any atom is -0.310 e. The van der Waals surface area contributed by atoms with Gasteiger partial charge in [0.1, 0.15) is 11.6 Å². The number of nitrogens with one attached hydrogen (secondary N) is 1. The van der Waals surface area contributed by atoms with E-state index in [1.807, 2.05) is 6.92 Å². The summed E-state index contributed by atoms with van der Waals surface area (Å²) in [6, 6.07) is 9.36. The van der Waals surface area contributed by atoms with Gasteiger partial charge in [-0.1, -0.05) is 44.8 Å². The molecule has 2 aromatic rings. The largest absolute Gasteiger partial charge is 0.310 e. The lowest BCUT2D eigenvalue weighted by atomic mass is 9.98. The molecule has 0 saturated carbocycles. The predicted octanol–water partition coefficient (Wildman–Crippen LogP) is 5.38. The highest BCUT2D eigenvalue weighted by molar-refractivity contribution is 9.10. The maximum absolute atomic E-state index is 14.1. The van der Waals surface area contributed by atoms with Crippen LogP contribution in [-0.2, 0) is 6.42 Å². The van der Waals surface area contributed by atoms with Crippen molar-refractivity contribution in [2.24, 2.45) is 0 Å². The van der Waals surface area contributed by atoms with Crippen LogP contribution in [0.2, 0.25) is 0 Å². The summed E-state index contributed by atoms with van der Waals surface area (Å²) in [7, 11) is 0. The molecule has 2 aromatic carbocycles. The first-order chi connectivity index (χ1) is 10.0. The molecule has 1 atom stereocenters. The van der Waals surface area contributed by atoms with Crippen LogP contribution in [0.3, 0.4) is 0 Å². The topological polar surface area (TPSA) is 12.0 Å². The first-order valence-electron chi connectivity index (χ1n) is 6.64. The molecule has 1 N–H and O–H groups in total. The average Bonchev–Trinajstić information content (AvgIpc) is 2.43. The van der Waals surface area contributed by atoms with Gasteiger partial charge in [-0.2, -0.15) is 0 Å². The molecule has 0 spiro atoms. The van der Waals surface area contributed by atoms with Gasteiger partial charge in [-0.3, -0.25) is 0 Å². The van der Waals surface area contributed by atoms with E-state index in [9.17, 15) is 8.78 Å². The van der Waals surface area contributed by atoms with Crippen molar-refractivity contribution in [3.05, 3.63) is 68.1 Å². The molecule has 1 unspecified atom stereocenters. The molecule has 112 valence electrons. The van der Waals surface area contributed by atoms with Crippen LogP contribution in [0.15, 0.2) is 45.3 Å². The summed E-state index contributed by atoms with van der Waals surface area (Å²) in [5.41, 5.74) is 1.07. The predicted molar refractivity (Wildman–Crippen MR) is 88.3 cm³/mol. The molecule has 0 saturated heterocycles. The molecule has 0 aliphatic rings. The molecule has 0 heterocycles. The maximum atomic E-state index is 14.1. The van der Waals surface area contributed by atoms with E-state index >= 15 is 0 Å². The summed E-state index contributed by atoms with van der Waals surface area (Å²) in [4.78, 5) is 0. The Morgan fingerprint density at radius 2 is 1.86 bits per heavy atom. The quantitative estimate of drug-likeness (QED) is 0.686. The van der Waals surface area contributed by atoms with Crippen molar-refractivity contribution in [2.45, 2.75) is 19.4 Å². The third-order valence-corrected chi connectivity index (χ3v) is 4.42. The van der Waals surface area contributed by atoms with Crippen LogP contribution in [0.25, 0.3) is 0 Å². The van der Waals surface area contributed by atoms with E-state index in [1.165, 1.54) is 12.1 Å². The monoisotopic (exact) mass is 417 g/mol. The molecule has 0 fully saturated rings. The third kappa shape index (κ3) is 4.11. The van der Waals surface area contributed by atoms with Gasteiger partial charge in [-0.25, -0.2) is 8.78 Å². The van der Waals surface area contributed by atoms with E-state index < -0.39 is 0 Å². The summed E-state index contributed by atoms with van der Waals surface area (Å²) in [5.74, 6) is -0.584. The molecule has 0 radical (unpaired) electrons. The van der Waals surface area contributed by atoms with Gasteiger partial charge in [0.05, 0.1) is 0 Å². The summed E-state index contributed by atoms with van der Waals surface area (Å²) in [6.45, 7) is 2.61. The van der Waals surface area contributed by atoms with Crippen LogP contribution in [0.5, 0.6) is 0 Å². The highest BCUT2D eigenvalue weighted by Gasteiger charge is 2.20. The Hall–Kier alpha value is -0.780. The molecule has 0 aliphatic carbocycles. The Kier molecular flexibility index (Phi) is 5.90. The van der Waals surface area contributed by atoms with Crippen molar-refractivity contribution in [2.75, 3.05) is 6.54 Å². The van der Waals surface area contributed by atoms with Crippen molar-refractivity contribution >= 4 is 31.9 Å². The SMILES string of the molecule is CCNC(Cc1cc(Br)ccc1F)c1c(F)cccc1Br. The van der Waals surface area contributed by atoms with Crippen molar-refractivity contribution < 1.29 is 8.78 Å². The molecule has 0 aromatic heterocycles. The van der Waals surface area contributed by atoms with Gasteiger partial charge in [0, 0.05) is 20.6 Å². The Morgan fingerprint density at radius 1 is 1.10 bits per heavy atom. The number of rotatable bonds is 5. The fourth-order valence-electron chi connectivity index (χ4n) is 2.29. The van der Waals surface area contributed by atoms with Crippen molar-refractivity contribution in [3.8, 4) is 0 Å². The second-order valence-electron chi connectivity index (χ2n) is 4.69. The normalized spacial score (nSPS) is 12.4. The summed E-state index contributed by atoms with van der Waals surface area (Å²) < 4.78 is 29.6. The van der Waals surface area contributed by atoms with Crippen LogP contribution in [0, 0.1) is 11.6 Å². The first kappa shape index (κ1) is 16.6. The molecule has 21 heavy (non-hydrogen) atoms. The number of hydrogen-bond donors (Lipinski definition) is 1. The molecule has 5 heteroatoms. The molecule has 0 aliphatic heterocycles. The minimum absolute atomic E-state index is 0.284. The second-order valence-corrected chi connectivity index (χ2v) is 6.46. The van der Waals surface area contributed by atoms with Crippen LogP contribution < -0.4 is 5.32 Å². The minimum atomic E-state index is -0.300. The Balaban J connectivity index is 2.38. The zero-order valence-electron chi connectivity index (χ0n) is 11.5. The summed E-state index contributed by atoms with van der Waals surface area (Å²) in [5, 5.41) is 3.22. The van der Waals surface area contributed by atoms with E-state index in [0.29, 0.717) is 28.6 Å². The molecular formula is C16H15Br2F2N. The standard InChI is InChI=1S/C16H15Br2F2N/c1-2-21-15(16-12(18)4-3-5-14(16)20)9-10-8-11(17)6-7-13(10)19/h3-8,15,21H,2,9H2,1H3. The lowest BCUT2D eigenvalue weighted by Crippen LogP contribution is -2.24. The average molecular weight is 419 g/mol. The Bertz CT molecular complexity index is 611. The lowest BCUT2D eigenvalue weighted by molar-refractivity contribution is 0.496. The van der Waals surface area contributed by atoms with Gasteiger partial charge in [-0.15, -0.1) is 0 Å². The van der Waals surface area contributed by atoms with Gasteiger partial charge >= 0.3 is 0 Å². The summed E-state index contributed by atoms with van der Waals surface area (Å²) >= 11 is 6.72. The Labute approximate surface area is 140 Å². The summed E-state index contributed by atoms with van der Waals surface area (Å²) in [6.07, 6.45) is 0.374. The molecule has 1 nitrogen and oxygen atoms in total. The van der Waals surface area contributed by atoms with E-state index in [1.54, 1.807) is 24.3 Å². The van der Waals surface area contributed by atoms with Gasteiger partial charge in [0.25, 0.3) is 0 Å². The fourth-order valence-corrected chi connectivity index (χ4v) is 3.31.